The maximum atomic E-state index is 12.7. The summed E-state index contributed by atoms with van der Waals surface area (Å²) >= 11 is 1.63. The number of nitrogens with zero attached hydrogens (tertiary/aromatic N) is 4. The van der Waals surface area contributed by atoms with Gasteiger partial charge in [-0.1, -0.05) is 23.9 Å². The molecule has 8 nitrogen and oxygen atoms in total. The topological polar surface area (TPSA) is 89.3 Å². The average molecular weight is 373 g/mol. The van der Waals surface area contributed by atoms with E-state index in [2.05, 4.69) is 15.5 Å². The smallest absolute Gasteiger partial charge is 0.232 e. The van der Waals surface area contributed by atoms with Crippen LogP contribution in [0.25, 0.3) is 0 Å². The molecule has 0 saturated carbocycles. The minimum Gasteiger partial charge on any atom is -0.495 e. The molecule has 0 spiro atoms. The normalized spacial score (nSPS) is 19.3. The van der Waals surface area contributed by atoms with Gasteiger partial charge in [0, 0.05) is 25.3 Å². The summed E-state index contributed by atoms with van der Waals surface area (Å²) in [5, 5.41) is 11.8. The number of rotatable bonds is 4. The number of aromatic nitrogens is 3. The molecule has 0 radical (unpaired) electrons. The van der Waals surface area contributed by atoms with Crippen molar-refractivity contribution in [2.24, 2.45) is 5.92 Å². The Bertz CT molecular complexity index is 853. The highest BCUT2D eigenvalue weighted by molar-refractivity contribution is 7.99. The summed E-state index contributed by atoms with van der Waals surface area (Å²) in [6.45, 7) is 1.11. The van der Waals surface area contributed by atoms with Crippen molar-refractivity contribution in [3.8, 4) is 5.75 Å². The SMILES string of the molecule is COc1ccccc1N1CC(C(=O)Nc2nnc3n2CCCS3)CC1=O. The molecule has 136 valence electrons. The van der Waals surface area contributed by atoms with Gasteiger partial charge in [0.25, 0.3) is 0 Å². The number of fused-ring (bicyclic) bond motifs is 1. The number of benzene rings is 1. The van der Waals surface area contributed by atoms with E-state index in [4.69, 9.17) is 4.74 Å². The van der Waals surface area contributed by atoms with E-state index in [1.807, 2.05) is 22.8 Å². The number of hydrogen-bond donors (Lipinski definition) is 1. The van der Waals surface area contributed by atoms with Crippen molar-refractivity contribution in [2.75, 3.05) is 29.6 Å². The zero-order chi connectivity index (χ0) is 18.1. The van der Waals surface area contributed by atoms with Crippen LogP contribution in [0.5, 0.6) is 5.75 Å². The summed E-state index contributed by atoms with van der Waals surface area (Å²) in [5.74, 6) is 1.36. The van der Waals surface area contributed by atoms with Gasteiger partial charge < -0.3 is 9.64 Å². The summed E-state index contributed by atoms with van der Waals surface area (Å²) in [6, 6.07) is 7.32. The third kappa shape index (κ3) is 3.03. The molecule has 1 N–H and O–H groups in total. The molecular weight excluding hydrogens is 354 g/mol. The summed E-state index contributed by atoms with van der Waals surface area (Å²) in [5.41, 5.74) is 0.687. The van der Waals surface area contributed by atoms with Crippen LogP contribution in [-0.4, -0.2) is 46.0 Å². The Kier molecular flexibility index (Phi) is 4.54. The van der Waals surface area contributed by atoms with Gasteiger partial charge in [0.15, 0.2) is 5.16 Å². The molecule has 1 unspecified atom stereocenters. The molecule has 2 aliphatic rings. The predicted octanol–water partition coefficient (Wildman–Crippen LogP) is 1.77. The first-order valence-corrected chi connectivity index (χ1v) is 9.46. The largest absolute Gasteiger partial charge is 0.495 e. The maximum Gasteiger partial charge on any atom is 0.232 e. The van der Waals surface area contributed by atoms with Gasteiger partial charge >= 0.3 is 0 Å². The monoisotopic (exact) mass is 373 g/mol. The van der Waals surface area contributed by atoms with Crippen molar-refractivity contribution in [3.05, 3.63) is 24.3 Å². The van der Waals surface area contributed by atoms with Gasteiger partial charge in [0.1, 0.15) is 5.75 Å². The Balaban J connectivity index is 1.48. The van der Waals surface area contributed by atoms with E-state index in [1.54, 1.807) is 29.8 Å². The molecule has 1 aromatic heterocycles. The molecular formula is C17H19N5O3S. The van der Waals surface area contributed by atoms with Crippen LogP contribution in [0.4, 0.5) is 11.6 Å². The lowest BCUT2D eigenvalue weighted by atomic mass is 10.1. The number of methoxy groups -OCH3 is 1. The summed E-state index contributed by atoms with van der Waals surface area (Å²) in [4.78, 5) is 26.7. The van der Waals surface area contributed by atoms with Crippen LogP contribution in [-0.2, 0) is 16.1 Å². The molecule has 2 aromatic rings. The molecule has 4 rings (SSSR count). The average Bonchev–Trinajstić information content (AvgIpc) is 3.25. The molecule has 26 heavy (non-hydrogen) atoms. The number of carbonyl (C=O) groups is 2. The van der Waals surface area contributed by atoms with E-state index in [9.17, 15) is 9.59 Å². The van der Waals surface area contributed by atoms with E-state index in [1.165, 1.54) is 0 Å². The number of anilines is 2. The predicted molar refractivity (Wildman–Crippen MR) is 97.4 cm³/mol. The minimum atomic E-state index is -0.434. The van der Waals surface area contributed by atoms with Gasteiger partial charge in [0.2, 0.25) is 17.8 Å². The molecule has 9 heteroatoms. The quantitative estimate of drug-likeness (QED) is 0.879. The minimum absolute atomic E-state index is 0.0894. The fourth-order valence-electron chi connectivity index (χ4n) is 3.26. The first-order chi connectivity index (χ1) is 12.7. The van der Waals surface area contributed by atoms with Crippen LogP contribution in [0.1, 0.15) is 12.8 Å². The van der Waals surface area contributed by atoms with Gasteiger partial charge in [-0.25, -0.2) is 0 Å². The Labute approximate surface area is 154 Å². The number of hydrogen-bond acceptors (Lipinski definition) is 6. The van der Waals surface area contributed by atoms with Gasteiger partial charge in [-0.3, -0.25) is 19.5 Å². The molecule has 2 amide bonds. The molecule has 0 aliphatic carbocycles. The van der Waals surface area contributed by atoms with Gasteiger partial charge in [-0.2, -0.15) is 0 Å². The van der Waals surface area contributed by atoms with Gasteiger partial charge in [-0.15, -0.1) is 10.2 Å². The zero-order valence-corrected chi connectivity index (χ0v) is 15.2. The Morgan fingerprint density at radius 3 is 3.04 bits per heavy atom. The summed E-state index contributed by atoms with van der Waals surface area (Å²) < 4.78 is 7.25. The first-order valence-electron chi connectivity index (χ1n) is 8.47. The van der Waals surface area contributed by atoms with Crippen LogP contribution in [0.15, 0.2) is 29.4 Å². The first kappa shape index (κ1) is 16.9. The molecule has 1 saturated heterocycles. The number of ether oxygens (including phenoxy) is 1. The van der Waals surface area contributed by atoms with E-state index in [0.29, 0.717) is 23.9 Å². The molecule has 3 heterocycles. The van der Waals surface area contributed by atoms with Crippen molar-refractivity contribution in [1.82, 2.24) is 14.8 Å². The lowest BCUT2D eigenvalue weighted by Crippen LogP contribution is -2.29. The van der Waals surface area contributed by atoms with E-state index >= 15 is 0 Å². The lowest BCUT2D eigenvalue weighted by molar-refractivity contribution is -0.122. The van der Waals surface area contributed by atoms with Crippen LogP contribution in [0, 0.1) is 5.92 Å². The zero-order valence-electron chi connectivity index (χ0n) is 14.3. The fourth-order valence-corrected chi connectivity index (χ4v) is 4.14. The van der Waals surface area contributed by atoms with Crippen molar-refractivity contribution in [1.29, 1.82) is 0 Å². The number of para-hydroxylation sites is 2. The Morgan fingerprint density at radius 2 is 2.19 bits per heavy atom. The van der Waals surface area contributed by atoms with Crippen LogP contribution in [0.3, 0.4) is 0 Å². The van der Waals surface area contributed by atoms with Gasteiger partial charge in [0.05, 0.1) is 18.7 Å². The highest BCUT2D eigenvalue weighted by atomic mass is 32.2. The highest BCUT2D eigenvalue weighted by Gasteiger charge is 2.36. The number of amides is 2. The molecule has 2 aliphatic heterocycles. The molecule has 1 fully saturated rings. The molecule has 1 atom stereocenters. The highest BCUT2D eigenvalue weighted by Crippen LogP contribution is 2.33. The Morgan fingerprint density at radius 1 is 1.35 bits per heavy atom. The Hall–Kier alpha value is -2.55. The number of thioether (sulfide) groups is 1. The number of carbonyl (C=O) groups excluding carboxylic acids is 2. The second-order valence-corrected chi connectivity index (χ2v) is 7.29. The van der Waals surface area contributed by atoms with Crippen LogP contribution < -0.4 is 15.0 Å². The standard InChI is InChI=1S/C17H19N5O3S/c1-25-13-6-3-2-5-12(13)22-10-11(9-14(22)23)15(24)18-16-19-20-17-21(16)7-4-8-26-17/h2-3,5-6,11H,4,7-10H2,1H3,(H,18,19,24). The maximum absolute atomic E-state index is 12.7. The fraction of sp³-hybridized carbons (Fsp3) is 0.412. The van der Waals surface area contributed by atoms with Gasteiger partial charge in [-0.05, 0) is 18.6 Å². The second kappa shape index (κ2) is 6.99. The van der Waals surface area contributed by atoms with Crippen molar-refractivity contribution >= 4 is 35.2 Å². The van der Waals surface area contributed by atoms with Crippen molar-refractivity contribution < 1.29 is 14.3 Å². The molecule has 0 bridgehead atoms. The second-order valence-electron chi connectivity index (χ2n) is 6.23. The van der Waals surface area contributed by atoms with E-state index in [0.717, 1.165) is 23.9 Å². The van der Waals surface area contributed by atoms with E-state index in [-0.39, 0.29) is 18.2 Å². The summed E-state index contributed by atoms with van der Waals surface area (Å²) in [6.07, 6.45) is 1.18. The van der Waals surface area contributed by atoms with Crippen molar-refractivity contribution in [2.45, 2.75) is 24.5 Å². The summed E-state index contributed by atoms with van der Waals surface area (Å²) in [7, 11) is 1.57. The van der Waals surface area contributed by atoms with Crippen LogP contribution in [0.2, 0.25) is 0 Å². The van der Waals surface area contributed by atoms with Crippen molar-refractivity contribution in [3.63, 3.8) is 0 Å². The van der Waals surface area contributed by atoms with E-state index < -0.39 is 5.92 Å². The third-order valence-electron chi connectivity index (χ3n) is 4.58. The lowest BCUT2D eigenvalue weighted by Gasteiger charge is -2.19. The number of nitrogens with one attached hydrogen (secondary N) is 1. The third-order valence-corrected chi connectivity index (χ3v) is 5.63. The molecule has 1 aromatic carbocycles. The van der Waals surface area contributed by atoms with Crippen LogP contribution >= 0.6 is 11.8 Å².